The molecule has 0 amide bonds. The molecule has 1 heterocycles. The van der Waals surface area contributed by atoms with Gasteiger partial charge < -0.3 is 15.5 Å². The monoisotopic (exact) mass is 405 g/mol. The van der Waals surface area contributed by atoms with Crippen molar-refractivity contribution in [1.29, 1.82) is 0 Å². The first-order chi connectivity index (χ1) is 15.2. The molecule has 152 valence electrons. The molecule has 0 spiro atoms. The molecule has 0 radical (unpaired) electrons. The Kier molecular flexibility index (Phi) is 4.72. The summed E-state index contributed by atoms with van der Waals surface area (Å²) >= 11 is 0. The number of hydrogen-bond acceptors (Lipinski definition) is 3. The minimum absolute atomic E-state index is 0.239. The zero-order chi connectivity index (χ0) is 21.3. The number of para-hydroxylation sites is 3. The summed E-state index contributed by atoms with van der Waals surface area (Å²) in [5, 5.41) is 25.0. The number of hydrogen-bond donors (Lipinski definition) is 3. The molecular weight excluding hydrogens is 382 g/mol. The van der Waals surface area contributed by atoms with E-state index in [1.807, 2.05) is 66.7 Å². The van der Waals surface area contributed by atoms with E-state index in [1.54, 1.807) is 12.1 Å². The van der Waals surface area contributed by atoms with E-state index >= 15 is 0 Å². The fraction of sp³-hybridized carbons (Fsp3) is 0.0714. The lowest BCUT2D eigenvalue weighted by Gasteiger charge is -2.38. The Bertz CT molecular complexity index is 1260. The van der Waals surface area contributed by atoms with Crippen molar-refractivity contribution < 1.29 is 10.2 Å². The number of aromatic hydroxyl groups is 2. The van der Waals surface area contributed by atoms with Gasteiger partial charge in [0.15, 0.2) is 0 Å². The van der Waals surface area contributed by atoms with Gasteiger partial charge in [0.2, 0.25) is 0 Å². The highest BCUT2D eigenvalue weighted by Crippen LogP contribution is 2.45. The van der Waals surface area contributed by atoms with Crippen molar-refractivity contribution in [2.45, 2.75) is 12.0 Å². The van der Waals surface area contributed by atoms with Gasteiger partial charge in [-0.3, -0.25) is 0 Å². The second kappa shape index (κ2) is 7.69. The SMILES string of the molecule is Oc1ccccc1-c1cccc2c1NC(Cc1ccccc1)(c1ccccc1O)C=C2. The van der Waals surface area contributed by atoms with Gasteiger partial charge in [-0.05, 0) is 23.3 Å². The third-order valence-electron chi connectivity index (χ3n) is 5.90. The second-order valence-corrected chi connectivity index (χ2v) is 7.90. The highest BCUT2D eigenvalue weighted by molar-refractivity contribution is 5.89. The van der Waals surface area contributed by atoms with Crippen molar-refractivity contribution >= 4 is 11.8 Å². The van der Waals surface area contributed by atoms with E-state index in [4.69, 9.17) is 0 Å². The number of rotatable bonds is 4. The Labute approximate surface area is 182 Å². The summed E-state index contributed by atoms with van der Waals surface area (Å²) in [6.45, 7) is 0. The van der Waals surface area contributed by atoms with E-state index in [0.29, 0.717) is 6.42 Å². The molecule has 31 heavy (non-hydrogen) atoms. The maximum absolute atomic E-state index is 10.8. The summed E-state index contributed by atoms with van der Waals surface area (Å²) in [6.07, 6.45) is 4.90. The van der Waals surface area contributed by atoms with E-state index < -0.39 is 5.54 Å². The van der Waals surface area contributed by atoms with Gasteiger partial charge in [0.25, 0.3) is 0 Å². The van der Waals surface area contributed by atoms with E-state index in [1.165, 1.54) is 0 Å². The fourth-order valence-electron chi connectivity index (χ4n) is 4.40. The highest BCUT2D eigenvalue weighted by atomic mass is 16.3. The van der Waals surface area contributed by atoms with Gasteiger partial charge in [0.1, 0.15) is 11.5 Å². The number of benzene rings is 4. The van der Waals surface area contributed by atoms with Crippen molar-refractivity contribution in [3.05, 3.63) is 120 Å². The summed E-state index contributed by atoms with van der Waals surface area (Å²) in [6, 6.07) is 31.2. The first-order valence-electron chi connectivity index (χ1n) is 10.4. The third kappa shape index (κ3) is 3.44. The smallest absolute Gasteiger partial charge is 0.123 e. The van der Waals surface area contributed by atoms with Crippen molar-refractivity contribution in [3.63, 3.8) is 0 Å². The quantitative estimate of drug-likeness (QED) is 0.371. The van der Waals surface area contributed by atoms with Crippen LogP contribution in [0.15, 0.2) is 103 Å². The van der Waals surface area contributed by atoms with Gasteiger partial charge in [-0.1, -0.05) is 97.1 Å². The normalized spacial score (nSPS) is 17.0. The van der Waals surface area contributed by atoms with Crippen LogP contribution in [0.3, 0.4) is 0 Å². The molecule has 3 nitrogen and oxygen atoms in total. The maximum atomic E-state index is 10.8. The molecule has 1 aliphatic heterocycles. The zero-order valence-corrected chi connectivity index (χ0v) is 17.0. The van der Waals surface area contributed by atoms with E-state index in [-0.39, 0.29) is 11.5 Å². The van der Waals surface area contributed by atoms with Crippen LogP contribution in [0, 0.1) is 0 Å². The molecule has 5 rings (SSSR count). The predicted octanol–water partition coefficient (Wildman–Crippen LogP) is 6.34. The molecule has 0 aliphatic carbocycles. The molecule has 0 saturated carbocycles. The van der Waals surface area contributed by atoms with Gasteiger partial charge >= 0.3 is 0 Å². The lowest BCUT2D eigenvalue weighted by Crippen LogP contribution is -2.38. The molecule has 4 aromatic rings. The molecular formula is C28H23NO2. The fourth-order valence-corrected chi connectivity index (χ4v) is 4.40. The van der Waals surface area contributed by atoms with E-state index in [0.717, 1.165) is 33.5 Å². The minimum Gasteiger partial charge on any atom is -0.508 e. The van der Waals surface area contributed by atoms with Crippen LogP contribution in [0.25, 0.3) is 17.2 Å². The van der Waals surface area contributed by atoms with Gasteiger partial charge in [-0.15, -0.1) is 0 Å². The Morgan fingerprint density at radius 1 is 0.645 bits per heavy atom. The van der Waals surface area contributed by atoms with Gasteiger partial charge in [0, 0.05) is 23.1 Å². The maximum Gasteiger partial charge on any atom is 0.123 e. The minimum atomic E-state index is -0.639. The van der Waals surface area contributed by atoms with Crippen LogP contribution < -0.4 is 5.32 Å². The summed E-state index contributed by atoms with van der Waals surface area (Å²) in [4.78, 5) is 0. The summed E-state index contributed by atoms with van der Waals surface area (Å²) in [5.74, 6) is 0.488. The van der Waals surface area contributed by atoms with Crippen molar-refractivity contribution in [2.24, 2.45) is 0 Å². The number of anilines is 1. The largest absolute Gasteiger partial charge is 0.508 e. The van der Waals surface area contributed by atoms with Crippen LogP contribution in [0.4, 0.5) is 5.69 Å². The zero-order valence-electron chi connectivity index (χ0n) is 17.0. The van der Waals surface area contributed by atoms with Crippen LogP contribution in [0.5, 0.6) is 11.5 Å². The molecule has 3 heteroatoms. The molecule has 1 aliphatic rings. The molecule has 0 aromatic heterocycles. The van der Waals surface area contributed by atoms with Crippen molar-refractivity contribution in [2.75, 3.05) is 5.32 Å². The lowest BCUT2D eigenvalue weighted by atomic mass is 9.79. The lowest BCUT2D eigenvalue weighted by molar-refractivity contribution is 0.451. The molecule has 0 fully saturated rings. The summed E-state index contributed by atoms with van der Waals surface area (Å²) < 4.78 is 0. The van der Waals surface area contributed by atoms with Crippen LogP contribution in [-0.2, 0) is 12.0 Å². The average Bonchev–Trinajstić information content (AvgIpc) is 2.80. The summed E-state index contributed by atoms with van der Waals surface area (Å²) in [5.41, 5.74) is 5.01. The second-order valence-electron chi connectivity index (χ2n) is 7.90. The topological polar surface area (TPSA) is 52.5 Å². The van der Waals surface area contributed by atoms with Crippen LogP contribution in [-0.4, -0.2) is 10.2 Å². The molecule has 0 saturated heterocycles. The Hall–Kier alpha value is -3.98. The third-order valence-corrected chi connectivity index (χ3v) is 5.90. The van der Waals surface area contributed by atoms with E-state index in [2.05, 4.69) is 35.7 Å². The Morgan fingerprint density at radius 2 is 1.32 bits per heavy atom. The molecule has 4 aromatic carbocycles. The van der Waals surface area contributed by atoms with Gasteiger partial charge in [0.05, 0.1) is 11.2 Å². The van der Waals surface area contributed by atoms with Gasteiger partial charge in [-0.2, -0.15) is 0 Å². The first-order valence-corrected chi connectivity index (χ1v) is 10.4. The number of nitrogens with one attached hydrogen (secondary N) is 1. The molecule has 0 bridgehead atoms. The standard InChI is InChI=1S/C28H23NO2/c30-25-15-6-4-12-22(25)23-13-8-11-21-17-18-28(29-27(21)23,19-20-9-2-1-3-10-20)24-14-5-7-16-26(24)31/h1-18,29-31H,19H2. The van der Waals surface area contributed by atoms with Crippen LogP contribution in [0.2, 0.25) is 0 Å². The molecule has 3 N–H and O–H groups in total. The Morgan fingerprint density at radius 3 is 2.10 bits per heavy atom. The predicted molar refractivity (Wildman–Crippen MR) is 126 cm³/mol. The Balaban J connectivity index is 1.69. The van der Waals surface area contributed by atoms with Crippen molar-refractivity contribution in [1.82, 2.24) is 0 Å². The van der Waals surface area contributed by atoms with E-state index in [9.17, 15) is 10.2 Å². The average molecular weight is 405 g/mol. The highest BCUT2D eigenvalue weighted by Gasteiger charge is 2.35. The van der Waals surface area contributed by atoms with Crippen molar-refractivity contribution in [3.8, 4) is 22.6 Å². The first kappa shape index (κ1) is 19.0. The van der Waals surface area contributed by atoms with Gasteiger partial charge in [-0.25, -0.2) is 0 Å². The van der Waals surface area contributed by atoms with Crippen LogP contribution >= 0.6 is 0 Å². The number of phenols is 2. The number of phenolic OH excluding ortho intramolecular Hbond substituents is 2. The molecule has 1 unspecified atom stereocenters. The van der Waals surface area contributed by atoms with Crippen LogP contribution in [0.1, 0.15) is 16.7 Å². The number of fused-ring (bicyclic) bond motifs is 1. The molecule has 1 atom stereocenters. The summed E-state index contributed by atoms with van der Waals surface area (Å²) in [7, 11) is 0.